The minimum Gasteiger partial charge on any atom is -0.379 e. The van der Waals surface area contributed by atoms with Crippen LogP contribution in [0.1, 0.15) is 18.9 Å². The van der Waals surface area contributed by atoms with Crippen LogP contribution >= 0.6 is 24.0 Å². The van der Waals surface area contributed by atoms with E-state index in [4.69, 9.17) is 9.73 Å². The lowest BCUT2D eigenvalue weighted by molar-refractivity contribution is 0.0195. The summed E-state index contributed by atoms with van der Waals surface area (Å²) in [5, 5.41) is 6.05. The third kappa shape index (κ3) is 5.15. The monoisotopic (exact) mass is 494 g/mol. The molecule has 4 rings (SSSR count). The van der Waals surface area contributed by atoms with Crippen LogP contribution in [-0.4, -0.2) is 67.7 Å². The summed E-state index contributed by atoms with van der Waals surface area (Å²) < 4.78 is 5.50. The maximum absolute atomic E-state index is 5.50. The highest BCUT2D eigenvalue weighted by molar-refractivity contribution is 14.0. The Hall–Kier alpha value is -1.38. The predicted octanol–water partition coefficient (Wildman–Crippen LogP) is 3.33. The van der Waals surface area contributed by atoms with Crippen molar-refractivity contribution in [3.05, 3.63) is 48.0 Å². The number of aliphatic imine (C=N–C) groups is 1. The van der Waals surface area contributed by atoms with Gasteiger partial charge >= 0.3 is 0 Å². The average molecular weight is 494 g/mol. The first-order valence-electron chi connectivity index (χ1n) is 10.2. The van der Waals surface area contributed by atoms with Crippen molar-refractivity contribution < 1.29 is 4.74 Å². The summed E-state index contributed by atoms with van der Waals surface area (Å²) in [4.78, 5) is 9.94. The van der Waals surface area contributed by atoms with E-state index in [0.717, 1.165) is 51.9 Å². The second-order valence-corrected chi connectivity index (χ2v) is 7.39. The Labute approximate surface area is 185 Å². The number of likely N-dealkylation sites (tertiary alicyclic amines) is 1. The normalized spacial score (nSPS) is 21.0. The molecule has 2 saturated heterocycles. The van der Waals surface area contributed by atoms with Gasteiger partial charge in [0.2, 0.25) is 0 Å². The van der Waals surface area contributed by atoms with Crippen molar-refractivity contribution in [3.63, 3.8) is 0 Å². The van der Waals surface area contributed by atoms with E-state index in [1.165, 1.54) is 22.8 Å². The van der Waals surface area contributed by atoms with Crippen LogP contribution in [0, 0.1) is 0 Å². The highest BCUT2D eigenvalue weighted by Gasteiger charge is 2.30. The minimum absolute atomic E-state index is 0. The van der Waals surface area contributed by atoms with E-state index in [0.29, 0.717) is 12.6 Å². The second-order valence-electron chi connectivity index (χ2n) is 7.39. The van der Waals surface area contributed by atoms with E-state index in [9.17, 15) is 0 Å². The van der Waals surface area contributed by atoms with Crippen LogP contribution in [0.3, 0.4) is 0 Å². The number of hydrogen-bond acceptors (Lipinski definition) is 3. The zero-order valence-corrected chi connectivity index (χ0v) is 19.0. The lowest BCUT2D eigenvalue weighted by atomic mass is 10.1. The molecule has 2 aromatic carbocycles. The number of nitrogens with zero attached hydrogens (tertiary/aromatic N) is 3. The SMILES string of the molecule is CCNC(=NCc1ccc2ccccc2c1)N1CCC(N2CCOCC2)C1.I. The molecule has 0 bridgehead atoms. The zero-order chi connectivity index (χ0) is 18.5. The molecule has 0 radical (unpaired) electrons. The molecular weight excluding hydrogens is 463 g/mol. The second kappa shape index (κ2) is 10.4. The number of rotatable bonds is 4. The first-order valence-corrected chi connectivity index (χ1v) is 10.2. The first kappa shape index (κ1) is 21.3. The average Bonchev–Trinajstić information content (AvgIpc) is 3.22. The number of guanidine groups is 1. The molecular formula is C22H31IN4O. The van der Waals surface area contributed by atoms with Crippen LogP contribution in [0.25, 0.3) is 10.8 Å². The van der Waals surface area contributed by atoms with Crippen molar-refractivity contribution in [2.24, 2.45) is 4.99 Å². The number of nitrogens with one attached hydrogen (secondary N) is 1. The van der Waals surface area contributed by atoms with Gasteiger partial charge in [0.15, 0.2) is 5.96 Å². The highest BCUT2D eigenvalue weighted by Crippen LogP contribution is 2.19. The summed E-state index contributed by atoms with van der Waals surface area (Å²) in [5.41, 5.74) is 1.26. The van der Waals surface area contributed by atoms with Crippen molar-refractivity contribution in [2.45, 2.75) is 25.9 Å². The summed E-state index contributed by atoms with van der Waals surface area (Å²) in [6.07, 6.45) is 1.21. The standard InChI is InChI=1S/C22H30N4O.HI/c1-2-23-22(26-10-9-21(17-26)25-11-13-27-14-12-25)24-16-18-7-8-19-5-3-4-6-20(19)15-18;/h3-8,15,21H,2,9-14,16-17H2,1H3,(H,23,24);1H. The summed E-state index contributed by atoms with van der Waals surface area (Å²) in [5.74, 6) is 1.04. The molecule has 1 unspecified atom stereocenters. The molecule has 0 saturated carbocycles. The summed E-state index contributed by atoms with van der Waals surface area (Å²) in [6.45, 7) is 9.74. The van der Waals surface area contributed by atoms with Gasteiger partial charge in [-0.1, -0.05) is 36.4 Å². The molecule has 2 aliphatic rings. The van der Waals surface area contributed by atoms with E-state index in [1.54, 1.807) is 0 Å². The predicted molar refractivity (Wildman–Crippen MR) is 127 cm³/mol. The lowest BCUT2D eigenvalue weighted by Gasteiger charge is -2.32. The Morgan fingerprint density at radius 2 is 1.89 bits per heavy atom. The molecule has 6 heteroatoms. The van der Waals surface area contributed by atoms with E-state index in [2.05, 4.69) is 64.5 Å². The maximum Gasteiger partial charge on any atom is 0.194 e. The summed E-state index contributed by atoms with van der Waals surface area (Å²) in [7, 11) is 0. The third-order valence-corrected chi connectivity index (χ3v) is 5.59. The van der Waals surface area contributed by atoms with Crippen LogP contribution in [0.2, 0.25) is 0 Å². The Balaban J connectivity index is 0.00000225. The fraction of sp³-hybridized carbons (Fsp3) is 0.500. The van der Waals surface area contributed by atoms with Gasteiger partial charge in [0.05, 0.1) is 19.8 Å². The smallest absolute Gasteiger partial charge is 0.194 e. The summed E-state index contributed by atoms with van der Waals surface area (Å²) in [6, 6.07) is 15.8. The molecule has 28 heavy (non-hydrogen) atoms. The molecule has 2 aromatic rings. The van der Waals surface area contributed by atoms with E-state index in [1.807, 2.05) is 0 Å². The molecule has 2 aliphatic heterocycles. The topological polar surface area (TPSA) is 40.1 Å². The Morgan fingerprint density at radius 3 is 2.68 bits per heavy atom. The van der Waals surface area contributed by atoms with Crippen molar-refractivity contribution in [1.82, 2.24) is 15.1 Å². The molecule has 0 aliphatic carbocycles. The molecule has 2 heterocycles. The maximum atomic E-state index is 5.50. The fourth-order valence-electron chi connectivity index (χ4n) is 4.10. The largest absolute Gasteiger partial charge is 0.379 e. The van der Waals surface area contributed by atoms with Crippen molar-refractivity contribution in [1.29, 1.82) is 0 Å². The molecule has 2 fully saturated rings. The van der Waals surface area contributed by atoms with Gasteiger partial charge in [-0.15, -0.1) is 24.0 Å². The van der Waals surface area contributed by atoms with Crippen molar-refractivity contribution in [2.75, 3.05) is 45.9 Å². The van der Waals surface area contributed by atoms with Crippen LogP contribution in [0.5, 0.6) is 0 Å². The number of fused-ring (bicyclic) bond motifs is 1. The molecule has 1 N–H and O–H groups in total. The van der Waals surface area contributed by atoms with Crippen LogP contribution < -0.4 is 5.32 Å². The van der Waals surface area contributed by atoms with Crippen LogP contribution in [0.4, 0.5) is 0 Å². The van der Waals surface area contributed by atoms with Gasteiger partial charge in [0.1, 0.15) is 0 Å². The molecule has 5 nitrogen and oxygen atoms in total. The van der Waals surface area contributed by atoms with Gasteiger partial charge in [-0.3, -0.25) is 4.90 Å². The van der Waals surface area contributed by atoms with Crippen LogP contribution in [-0.2, 0) is 11.3 Å². The first-order chi connectivity index (χ1) is 13.3. The zero-order valence-electron chi connectivity index (χ0n) is 16.6. The minimum atomic E-state index is 0. The number of benzene rings is 2. The number of morpholine rings is 1. The van der Waals surface area contributed by atoms with Gasteiger partial charge in [-0.05, 0) is 35.7 Å². The molecule has 1 atom stereocenters. The Kier molecular flexibility index (Phi) is 7.93. The van der Waals surface area contributed by atoms with Crippen LogP contribution in [0.15, 0.2) is 47.5 Å². The third-order valence-electron chi connectivity index (χ3n) is 5.59. The molecule has 0 amide bonds. The van der Waals surface area contributed by atoms with Gasteiger partial charge < -0.3 is 15.0 Å². The van der Waals surface area contributed by atoms with Gasteiger partial charge in [-0.2, -0.15) is 0 Å². The lowest BCUT2D eigenvalue weighted by Crippen LogP contribution is -2.46. The Morgan fingerprint density at radius 1 is 1.11 bits per heavy atom. The van der Waals surface area contributed by atoms with Crippen molar-refractivity contribution in [3.8, 4) is 0 Å². The van der Waals surface area contributed by atoms with Crippen molar-refractivity contribution >= 4 is 40.7 Å². The highest BCUT2D eigenvalue weighted by atomic mass is 127. The number of hydrogen-bond donors (Lipinski definition) is 1. The number of halogens is 1. The Bertz CT molecular complexity index is 791. The summed E-state index contributed by atoms with van der Waals surface area (Å²) >= 11 is 0. The molecule has 152 valence electrons. The van der Waals surface area contributed by atoms with Gasteiger partial charge in [0.25, 0.3) is 0 Å². The van der Waals surface area contributed by atoms with Gasteiger partial charge in [-0.25, -0.2) is 4.99 Å². The van der Waals surface area contributed by atoms with E-state index >= 15 is 0 Å². The molecule has 0 spiro atoms. The quantitative estimate of drug-likeness (QED) is 0.402. The number of ether oxygens (including phenoxy) is 1. The van der Waals surface area contributed by atoms with E-state index in [-0.39, 0.29) is 24.0 Å². The fourth-order valence-corrected chi connectivity index (χ4v) is 4.10. The van der Waals surface area contributed by atoms with E-state index < -0.39 is 0 Å². The molecule has 0 aromatic heterocycles. The van der Waals surface area contributed by atoms with Gasteiger partial charge in [0, 0.05) is 38.8 Å².